The highest BCUT2D eigenvalue weighted by atomic mass is 16.3. The number of phenols is 2. The third-order valence-corrected chi connectivity index (χ3v) is 2.96. The van der Waals surface area contributed by atoms with Crippen LogP contribution in [-0.4, -0.2) is 21.1 Å². The van der Waals surface area contributed by atoms with Gasteiger partial charge in [0.15, 0.2) is 5.78 Å². The van der Waals surface area contributed by atoms with Crippen molar-refractivity contribution in [1.82, 2.24) is 0 Å². The molecule has 0 radical (unpaired) electrons. The Morgan fingerprint density at radius 2 is 1.16 bits per heavy atom. The second kappa shape index (κ2) is 10.5. The summed E-state index contributed by atoms with van der Waals surface area (Å²) >= 11 is 0. The molecule has 25 heavy (non-hydrogen) atoms. The van der Waals surface area contributed by atoms with Gasteiger partial charge in [-0.3, -0.25) is 4.79 Å². The monoisotopic (exact) mass is 338 g/mol. The highest BCUT2D eigenvalue weighted by molar-refractivity contribution is 6.02. The van der Waals surface area contributed by atoms with E-state index in [1.54, 1.807) is 36.4 Å². The van der Waals surface area contributed by atoms with E-state index in [1.165, 1.54) is 36.4 Å². The van der Waals surface area contributed by atoms with Gasteiger partial charge < -0.3 is 15.3 Å². The van der Waals surface area contributed by atoms with Gasteiger partial charge in [-0.2, -0.15) is 0 Å². The second-order valence-electron chi connectivity index (χ2n) is 4.82. The van der Waals surface area contributed by atoms with Crippen molar-refractivity contribution >= 4 is 17.9 Å². The van der Waals surface area contributed by atoms with Gasteiger partial charge in [0, 0.05) is 6.08 Å². The minimum absolute atomic E-state index is 0.158. The molecular formula is C21H22O4. The molecule has 0 aromatic heterocycles. The fourth-order valence-electron chi connectivity index (χ4n) is 1.77. The van der Waals surface area contributed by atoms with Crippen molar-refractivity contribution in [3.8, 4) is 11.5 Å². The van der Waals surface area contributed by atoms with Crippen molar-refractivity contribution in [2.24, 2.45) is 0 Å². The normalized spacial score (nSPS) is 11.4. The van der Waals surface area contributed by atoms with Gasteiger partial charge in [0.1, 0.15) is 17.3 Å². The highest BCUT2D eigenvalue weighted by Crippen LogP contribution is 2.12. The lowest BCUT2D eigenvalue weighted by Gasteiger charge is -1.95. The average Bonchev–Trinajstić information content (AvgIpc) is 2.62. The number of aliphatic hydroxyl groups is 1. The van der Waals surface area contributed by atoms with Crippen LogP contribution in [0.1, 0.15) is 25.0 Å². The molecule has 0 heterocycles. The second-order valence-corrected chi connectivity index (χ2v) is 4.82. The van der Waals surface area contributed by atoms with E-state index in [1.807, 2.05) is 13.8 Å². The van der Waals surface area contributed by atoms with Gasteiger partial charge in [0.25, 0.3) is 0 Å². The number of allylic oxidation sites excluding steroid dienone is 3. The van der Waals surface area contributed by atoms with Crippen molar-refractivity contribution in [2.45, 2.75) is 13.8 Å². The Hall–Kier alpha value is -3.27. The number of benzene rings is 2. The van der Waals surface area contributed by atoms with Crippen molar-refractivity contribution < 1.29 is 20.1 Å². The van der Waals surface area contributed by atoms with Crippen LogP contribution in [0.2, 0.25) is 0 Å². The van der Waals surface area contributed by atoms with Crippen LogP contribution in [0.4, 0.5) is 0 Å². The maximum absolute atomic E-state index is 11.7. The molecule has 0 amide bonds. The zero-order valence-corrected chi connectivity index (χ0v) is 14.3. The molecule has 4 heteroatoms. The van der Waals surface area contributed by atoms with Crippen molar-refractivity contribution in [1.29, 1.82) is 0 Å². The molecule has 0 spiro atoms. The summed E-state index contributed by atoms with van der Waals surface area (Å²) in [7, 11) is 0. The van der Waals surface area contributed by atoms with E-state index < -0.39 is 0 Å². The maximum Gasteiger partial charge on any atom is 0.182 e. The van der Waals surface area contributed by atoms with E-state index in [2.05, 4.69) is 0 Å². The Kier molecular flexibility index (Phi) is 8.30. The summed E-state index contributed by atoms with van der Waals surface area (Å²) in [6, 6.07) is 12.8. The van der Waals surface area contributed by atoms with Crippen molar-refractivity contribution in [3.05, 3.63) is 83.6 Å². The molecule has 0 aliphatic heterocycles. The summed E-state index contributed by atoms with van der Waals surface area (Å²) in [4.78, 5) is 11.7. The molecule has 2 rings (SSSR count). The number of hydrogen-bond acceptors (Lipinski definition) is 4. The van der Waals surface area contributed by atoms with Crippen LogP contribution in [0.5, 0.6) is 11.5 Å². The van der Waals surface area contributed by atoms with Crippen LogP contribution in [-0.2, 0) is 4.79 Å². The number of aliphatic hydroxyl groups excluding tert-OH is 1. The Morgan fingerprint density at radius 3 is 1.60 bits per heavy atom. The van der Waals surface area contributed by atoms with Gasteiger partial charge >= 0.3 is 0 Å². The van der Waals surface area contributed by atoms with E-state index in [-0.39, 0.29) is 23.0 Å². The molecule has 0 bridgehead atoms. The molecule has 0 aliphatic rings. The van der Waals surface area contributed by atoms with Crippen LogP contribution < -0.4 is 0 Å². The quantitative estimate of drug-likeness (QED) is 0.413. The summed E-state index contributed by atoms with van der Waals surface area (Å²) in [5.74, 6) is -0.203. The van der Waals surface area contributed by atoms with Crippen LogP contribution >= 0.6 is 0 Å². The molecule has 0 saturated heterocycles. The summed E-state index contributed by atoms with van der Waals surface area (Å²) in [6.45, 7) is 4.00. The molecule has 0 unspecified atom stereocenters. The van der Waals surface area contributed by atoms with E-state index in [0.717, 1.165) is 17.2 Å². The van der Waals surface area contributed by atoms with E-state index in [9.17, 15) is 15.0 Å². The summed E-state index contributed by atoms with van der Waals surface area (Å²) in [5, 5.41) is 28.0. The van der Waals surface area contributed by atoms with Crippen LogP contribution in [0.15, 0.2) is 72.5 Å². The Labute approximate surface area is 147 Å². The van der Waals surface area contributed by atoms with Gasteiger partial charge in [-0.25, -0.2) is 0 Å². The number of hydrogen-bond donors (Lipinski definition) is 3. The predicted octanol–water partition coefficient (Wildman–Crippen LogP) is 4.86. The van der Waals surface area contributed by atoms with Gasteiger partial charge in [-0.05, 0) is 47.5 Å². The third kappa shape index (κ3) is 7.70. The number of rotatable bonds is 5. The smallest absolute Gasteiger partial charge is 0.182 e. The first-order chi connectivity index (χ1) is 12.0. The van der Waals surface area contributed by atoms with E-state index in [4.69, 9.17) is 5.11 Å². The lowest BCUT2D eigenvalue weighted by atomic mass is 10.1. The first kappa shape index (κ1) is 19.8. The van der Waals surface area contributed by atoms with Gasteiger partial charge in [-0.1, -0.05) is 50.3 Å². The Balaban J connectivity index is 0.00000151. The summed E-state index contributed by atoms with van der Waals surface area (Å²) in [5.41, 5.74) is 1.55. The fourth-order valence-corrected chi connectivity index (χ4v) is 1.77. The average molecular weight is 338 g/mol. The zero-order valence-electron chi connectivity index (χ0n) is 14.3. The van der Waals surface area contributed by atoms with Gasteiger partial charge in [-0.15, -0.1) is 0 Å². The highest BCUT2D eigenvalue weighted by Gasteiger charge is 1.95. The molecule has 130 valence electrons. The topological polar surface area (TPSA) is 77.8 Å². The zero-order chi connectivity index (χ0) is 18.7. The lowest BCUT2D eigenvalue weighted by Crippen LogP contribution is -1.88. The van der Waals surface area contributed by atoms with Crippen molar-refractivity contribution in [3.63, 3.8) is 0 Å². The van der Waals surface area contributed by atoms with Crippen LogP contribution in [0, 0.1) is 0 Å². The number of phenolic OH excluding ortho intramolecular Hbond substituents is 2. The standard InChI is InChI=1S/C19H16O4.C2H6/c20-16-7-1-14(2-8-16)5-11-18(22)13-19(23)12-6-15-3-9-17(21)10-4-15;1-2/h1-13,20-22H;1-2H3/b11-5+,12-6+,18-13-;. The molecule has 0 aliphatic carbocycles. The van der Waals surface area contributed by atoms with E-state index >= 15 is 0 Å². The fraction of sp³-hybridized carbons (Fsp3) is 0.0952. The van der Waals surface area contributed by atoms with Crippen molar-refractivity contribution in [2.75, 3.05) is 0 Å². The number of ketones is 1. The summed E-state index contributed by atoms with van der Waals surface area (Å²) in [6.07, 6.45) is 7.06. The molecule has 0 saturated carbocycles. The third-order valence-electron chi connectivity index (χ3n) is 2.96. The largest absolute Gasteiger partial charge is 0.508 e. The molecule has 2 aromatic carbocycles. The molecule has 0 atom stereocenters. The molecule has 0 fully saturated rings. The van der Waals surface area contributed by atoms with E-state index in [0.29, 0.717) is 0 Å². The van der Waals surface area contributed by atoms with Gasteiger partial charge in [0.05, 0.1) is 0 Å². The lowest BCUT2D eigenvalue weighted by molar-refractivity contribution is -0.110. The molecule has 4 nitrogen and oxygen atoms in total. The number of carbonyl (C=O) groups is 1. The van der Waals surface area contributed by atoms with Crippen LogP contribution in [0.25, 0.3) is 12.2 Å². The minimum Gasteiger partial charge on any atom is -0.508 e. The maximum atomic E-state index is 11.7. The molecule has 2 aromatic rings. The van der Waals surface area contributed by atoms with Crippen LogP contribution in [0.3, 0.4) is 0 Å². The predicted molar refractivity (Wildman–Crippen MR) is 101 cm³/mol. The first-order valence-corrected chi connectivity index (χ1v) is 7.92. The Bertz CT molecular complexity index is 751. The minimum atomic E-state index is -0.356. The SMILES string of the molecule is CC.O=C(/C=C(O)/C=C/c1ccc(O)cc1)/C=C/c1ccc(O)cc1. The summed E-state index contributed by atoms with van der Waals surface area (Å²) < 4.78 is 0. The number of aromatic hydroxyl groups is 2. The Morgan fingerprint density at radius 1 is 0.760 bits per heavy atom. The molecular weight excluding hydrogens is 316 g/mol. The first-order valence-electron chi connectivity index (χ1n) is 7.92. The molecule has 3 N–H and O–H groups in total. The van der Waals surface area contributed by atoms with Gasteiger partial charge in [0.2, 0.25) is 0 Å². The number of carbonyl (C=O) groups excluding carboxylic acids is 1.